The fraction of sp³-hybridized carbons (Fsp3) is 0.333. The highest BCUT2D eigenvalue weighted by atomic mass is 32.1. The average molecular weight is 414 g/mol. The van der Waals surface area contributed by atoms with Crippen molar-refractivity contribution in [2.75, 3.05) is 11.9 Å². The number of hydrogen-bond acceptors (Lipinski definition) is 6. The monoisotopic (exact) mass is 414 g/mol. The van der Waals surface area contributed by atoms with Crippen LogP contribution in [-0.2, 0) is 26.2 Å². The molecule has 1 atom stereocenters. The van der Waals surface area contributed by atoms with E-state index in [4.69, 9.17) is 10.5 Å². The highest BCUT2D eigenvalue weighted by Crippen LogP contribution is 2.47. The molecule has 1 heterocycles. The molecule has 0 fully saturated rings. The lowest BCUT2D eigenvalue weighted by Gasteiger charge is -2.35. The summed E-state index contributed by atoms with van der Waals surface area (Å²) in [4.78, 5) is 50.0. The number of esters is 1. The second-order valence-corrected chi connectivity index (χ2v) is 7.96. The third-order valence-electron chi connectivity index (χ3n) is 5.02. The number of hydrogen-bond donors (Lipinski definition) is 2. The SMILES string of the molecule is CCOC(=O)c1c(NC(C)=O)sc2c1CCC(CC(N)=O)(c1ccccc1)C2=O. The summed E-state index contributed by atoms with van der Waals surface area (Å²) in [5.41, 5.74) is 5.89. The van der Waals surface area contributed by atoms with E-state index in [1.807, 2.05) is 18.2 Å². The Balaban J connectivity index is 2.16. The first-order valence-corrected chi connectivity index (χ1v) is 10.1. The van der Waals surface area contributed by atoms with E-state index in [2.05, 4.69) is 5.32 Å². The molecule has 2 aromatic rings. The molecule has 0 saturated heterocycles. The first-order chi connectivity index (χ1) is 13.8. The fourth-order valence-corrected chi connectivity index (χ4v) is 5.15. The number of carbonyl (C=O) groups is 4. The lowest BCUT2D eigenvalue weighted by molar-refractivity contribution is -0.119. The van der Waals surface area contributed by atoms with Gasteiger partial charge >= 0.3 is 5.97 Å². The quantitative estimate of drug-likeness (QED) is 0.705. The van der Waals surface area contributed by atoms with Crippen LogP contribution in [0.2, 0.25) is 0 Å². The molecule has 0 saturated carbocycles. The summed E-state index contributed by atoms with van der Waals surface area (Å²) in [6.07, 6.45) is 0.583. The molecule has 0 aliphatic heterocycles. The third kappa shape index (κ3) is 3.80. The number of fused-ring (bicyclic) bond motifs is 1. The van der Waals surface area contributed by atoms with E-state index in [9.17, 15) is 19.2 Å². The maximum atomic E-state index is 13.6. The predicted octanol–water partition coefficient (Wildman–Crippen LogP) is 2.83. The van der Waals surface area contributed by atoms with Gasteiger partial charge in [0, 0.05) is 13.3 Å². The van der Waals surface area contributed by atoms with Crippen molar-refractivity contribution in [3.63, 3.8) is 0 Å². The third-order valence-corrected chi connectivity index (χ3v) is 6.17. The maximum absolute atomic E-state index is 13.6. The number of thiophene rings is 1. The number of ether oxygens (including phenoxy) is 1. The Morgan fingerprint density at radius 2 is 1.93 bits per heavy atom. The number of primary amides is 1. The van der Waals surface area contributed by atoms with Crippen LogP contribution in [0, 0.1) is 0 Å². The summed E-state index contributed by atoms with van der Waals surface area (Å²) in [6, 6.07) is 9.06. The molecule has 0 spiro atoms. The summed E-state index contributed by atoms with van der Waals surface area (Å²) in [5, 5.41) is 2.92. The van der Waals surface area contributed by atoms with Gasteiger partial charge in [-0.2, -0.15) is 0 Å². The first-order valence-electron chi connectivity index (χ1n) is 9.29. The topological polar surface area (TPSA) is 116 Å². The molecule has 1 aliphatic rings. The standard InChI is InChI=1S/C21H22N2O5S/c1-3-28-20(27)16-14-9-10-21(11-15(22)25,13-7-5-4-6-8-13)18(26)17(14)29-19(16)23-12(2)24/h4-8H,3,9-11H2,1-2H3,(H2,22,25)(H,23,24). The van der Waals surface area contributed by atoms with Crippen molar-refractivity contribution in [1.82, 2.24) is 0 Å². The summed E-state index contributed by atoms with van der Waals surface area (Å²) in [7, 11) is 0. The summed E-state index contributed by atoms with van der Waals surface area (Å²) in [5.74, 6) is -1.78. The van der Waals surface area contributed by atoms with Crippen LogP contribution in [0.1, 0.15) is 57.8 Å². The Kier molecular flexibility index (Phi) is 5.83. The molecule has 3 N–H and O–H groups in total. The van der Waals surface area contributed by atoms with Gasteiger partial charge in [-0.15, -0.1) is 11.3 Å². The van der Waals surface area contributed by atoms with E-state index >= 15 is 0 Å². The minimum Gasteiger partial charge on any atom is -0.462 e. The van der Waals surface area contributed by atoms with Crippen molar-refractivity contribution < 1.29 is 23.9 Å². The number of nitrogens with two attached hydrogens (primary N) is 1. The van der Waals surface area contributed by atoms with E-state index in [0.29, 0.717) is 28.8 Å². The Bertz CT molecular complexity index is 982. The summed E-state index contributed by atoms with van der Waals surface area (Å²) >= 11 is 1.04. The zero-order valence-electron chi connectivity index (χ0n) is 16.2. The highest BCUT2D eigenvalue weighted by molar-refractivity contribution is 7.19. The molecular weight excluding hydrogens is 392 g/mol. The van der Waals surface area contributed by atoms with E-state index < -0.39 is 17.3 Å². The summed E-state index contributed by atoms with van der Waals surface area (Å²) < 4.78 is 5.14. The molecule has 2 amide bonds. The second-order valence-electron chi connectivity index (χ2n) is 6.94. The van der Waals surface area contributed by atoms with Crippen molar-refractivity contribution >= 4 is 39.9 Å². The Morgan fingerprint density at radius 1 is 1.24 bits per heavy atom. The van der Waals surface area contributed by atoms with Crippen LogP contribution in [0.25, 0.3) is 0 Å². The Hall–Kier alpha value is -3.00. The molecule has 0 bridgehead atoms. The van der Waals surface area contributed by atoms with Gasteiger partial charge in [-0.1, -0.05) is 30.3 Å². The fourth-order valence-electron chi connectivity index (χ4n) is 3.82. The van der Waals surface area contributed by atoms with Crippen LogP contribution in [0.3, 0.4) is 0 Å². The van der Waals surface area contributed by atoms with Gasteiger partial charge in [0.2, 0.25) is 11.8 Å². The van der Waals surface area contributed by atoms with Crippen LogP contribution in [-0.4, -0.2) is 30.2 Å². The van der Waals surface area contributed by atoms with Gasteiger partial charge in [0.15, 0.2) is 5.78 Å². The number of amides is 2. The van der Waals surface area contributed by atoms with Crippen LogP contribution in [0.4, 0.5) is 5.00 Å². The maximum Gasteiger partial charge on any atom is 0.341 e. The lowest BCUT2D eigenvalue weighted by Crippen LogP contribution is -2.43. The van der Waals surface area contributed by atoms with Gasteiger partial charge in [0.1, 0.15) is 5.00 Å². The zero-order chi connectivity index (χ0) is 21.2. The van der Waals surface area contributed by atoms with Gasteiger partial charge < -0.3 is 15.8 Å². The van der Waals surface area contributed by atoms with Gasteiger partial charge in [0.05, 0.1) is 22.5 Å². The Morgan fingerprint density at radius 3 is 2.52 bits per heavy atom. The van der Waals surface area contributed by atoms with E-state index in [0.717, 1.165) is 11.3 Å². The smallest absolute Gasteiger partial charge is 0.341 e. The molecule has 8 heteroatoms. The lowest BCUT2D eigenvalue weighted by atomic mass is 9.66. The number of ketones is 1. The Labute approximate surface area is 172 Å². The normalized spacial score (nSPS) is 18.1. The number of Topliss-reactive ketones (excluding diaryl/α,β-unsaturated/α-hetero) is 1. The molecule has 1 unspecified atom stereocenters. The van der Waals surface area contributed by atoms with Crippen molar-refractivity contribution in [3.05, 3.63) is 51.9 Å². The molecule has 1 aromatic carbocycles. The minimum absolute atomic E-state index is 0.128. The van der Waals surface area contributed by atoms with Gasteiger partial charge in [-0.3, -0.25) is 14.4 Å². The van der Waals surface area contributed by atoms with Crippen molar-refractivity contribution in [2.45, 2.75) is 38.5 Å². The molecule has 7 nitrogen and oxygen atoms in total. The average Bonchev–Trinajstić information content (AvgIpc) is 3.02. The van der Waals surface area contributed by atoms with Crippen LogP contribution in [0.15, 0.2) is 30.3 Å². The van der Waals surface area contributed by atoms with Gasteiger partial charge in [-0.25, -0.2) is 4.79 Å². The van der Waals surface area contributed by atoms with Crippen LogP contribution >= 0.6 is 11.3 Å². The molecule has 0 radical (unpaired) electrons. The van der Waals surface area contributed by atoms with Gasteiger partial charge in [-0.05, 0) is 30.9 Å². The van der Waals surface area contributed by atoms with Gasteiger partial charge in [0.25, 0.3) is 0 Å². The number of carbonyl (C=O) groups excluding carboxylic acids is 4. The number of anilines is 1. The molecule has 29 heavy (non-hydrogen) atoms. The summed E-state index contributed by atoms with van der Waals surface area (Å²) in [6.45, 7) is 3.19. The van der Waals surface area contributed by atoms with E-state index in [1.54, 1.807) is 19.1 Å². The van der Waals surface area contributed by atoms with E-state index in [1.165, 1.54) is 6.92 Å². The number of benzene rings is 1. The molecule has 3 rings (SSSR count). The number of rotatable bonds is 6. The predicted molar refractivity (Wildman–Crippen MR) is 109 cm³/mol. The molecule has 152 valence electrons. The van der Waals surface area contributed by atoms with Crippen LogP contribution < -0.4 is 11.1 Å². The molecule has 1 aromatic heterocycles. The highest BCUT2D eigenvalue weighted by Gasteiger charge is 2.47. The van der Waals surface area contributed by atoms with E-state index in [-0.39, 0.29) is 35.3 Å². The second kappa shape index (κ2) is 8.16. The van der Waals surface area contributed by atoms with Crippen molar-refractivity contribution in [1.29, 1.82) is 0 Å². The molecule has 1 aliphatic carbocycles. The van der Waals surface area contributed by atoms with Crippen molar-refractivity contribution in [3.8, 4) is 0 Å². The number of nitrogens with one attached hydrogen (secondary N) is 1. The minimum atomic E-state index is -1.09. The largest absolute Gasteiger partial charge is 0.462 e. The zero-order valence-corrected chi connectivity index (χ0v) is 17.1. The first kappa shape index (κ1) is 20.7. The van der Waals surface area contributed by atoms with Crippen molar-refractivity contribution in [2.24, 2.45) is 5.73 Å². The van der Waals surface area contributed by atoms with Crippen LogP contribution in [0.5, 0.6) is 0 Å². The molecular formula is C21H22N2O5S.